The highest BCUT2D eigenvalue weighted by molar-refractivity contribution is 6.31. The van der Waals surface area contributed by atoms with E-state index in [1.807, 2.05) is 0 Å². The summed E-state index contributed by atoms with van der Waals surface area (Å²) < 4.78 is 13.9. The van der Waals surface area contributed by atoms with Gasteiger partial charge >= 0.3 is 0 Å². The number of hydrogen-bond donors (Lipinski definition) is 2. The number of nitrogens with one attached hydrogen (secondary N) is 1. The lowest BCUT2D eigenvalue weighted by Gasteiger charge is -2.36. The average molecular weight is 299 g/mol. The Labute approximate surface area is 125 Å². The highest BCUT2D eigenvalue weighted by Crippen LogP contribution is 2.36. The molecule has 1 aromatic carbocycles. The Kier molecular flexibility index (Phi) is 5.42. The Balaban J connectivity index is 2.12. The molecule has 0 aliphatic heterocycles. The van der Waals surface area contributed by atoms with Crippen LogP contribution in [-0.4, -0.2) is 6.04 Å². The van der Waals surface area contributed by atoms with Crippen LogP contribution in [0.1, 0.15) is 38.7 Å². The normalized spacial score (nSPS) is 28.4. The average Bonchev–Trinajstić information content (AvgIpc) is 2.37. The van der Waals surface area contributed by atoms with Crippen molar-refractivity contribution >= 4 is 11.6 Å². The van der Waals surface area contributed by atoms with Crippen LogP contribution in [0.15, 0.2) is 18.2 Å². The largest absolute Gasteiger partial charge is 0.271 e. The highest BCUT2D eigenvalue weighted by Gasteiger charge is 2.30. The summed E-state index contributed by atoms with van der Waals surface area (Å²) in [6.07, 6.45) is 4.11. The van der Waals surface area contributed by atoms with Crippen LogP contribution in [0.2, 0.25) is 5.02 Å². The first kappa shape index (κ1) is 15.7. The molecule has 20 heavy (non-hydrogen) atoms. The third-order valence-corrected chi connectivity index (χ3v) is 4.84. The molecule has 3 atom stereocenters. The zero-order valence-electron chi connectivity index (χ0n) is 12.2. The van der Waals surface area contributed by atoms with E-state index in [0.29, 0.717) is 34.8 Å². The van der Waals surface area contributed by atoms with Crippen molar-refractivity contribution in [1.82, 2.24) is 5.43 Å². The fourth-order valence-corrected chi connectivity index (χ4v) is 3.89. The molecule has 4 heteroatoms. The molecule has 112 valence electrons. The van der Waals surface area contributed by atoms with Crippen LogP contribution in [0.4, 0.5) is 4.39 Å². The van der Waals surface area contributed by atoms with Gasteiger partial charge in [0.2, 0.25) is 0 Å². The second kappa shape index (κ2) is 6.88. The van der Waals surface area contributed by atoms with Crippen molar-refractivity contribution in [2.75, 3.05) is 0 Å². The molecule has 2 rings (SSSR count). The maximum Gasteiger partial charge on any atom is 0.127 e. The van der Waals surface area contributed by atoms with E-state index in [2.05, 4.69) is 19.3 Å². The summed E-state index contributed by atoms with van der Waals surface area (Å²) in [4.78, 5) is 0. The van der Waals surface area contributed by atoms with Gasteiger partial charge in [0.05, 0.1) is 0 Å². The molecule has 0 bridgehead atoms. The summed E-state index contributed by atoms with van der Waals surface area (Å²) in [7, 11) is 0. The van der Waals surface area contributed by atoms with Crippen LogP contribution in [0.3, 0.4) is 0 Å². The van der Waals surface area contributed by atoms with Gasteiger partial charge in [-0.25, -0.2) is 4.39 Å². The molecule has 1 aliphatic carbocycles. The summed E-state index contributed by atoms with van der Waals surface area (Å²) in [6.45, 7) is 4.57. The number of hydrazine groups is 1. The van der Waals surface area contributed by atoms with Gasteiger partial charge < -0.3 is 0 Å². The minimum Gasteiger partial charge on any atom is -0.271 e. The Hall–Kier alpha value is -0.640. The van der Waals surface area contributed by atoms with Gasteiger partial charge in [-0.05, 0) is 55.6 Å². The van der Waals surface area contributed by atoms with E-state index in [4.69, 9.17) is 17.4 Å². The second-order valence-corrected chi connectivity index (χ2v) is 6.76. The number of hydrogen-bond acceptors (Lipinski definition) is 2. The van der Waals surface area contributed by atoms with Crippen LogP contribution >= 0.6 is 11.6 Å². The topological polar surface area (TPSA) is 38.0 Å². The maximum absolute atomic E-state index is 13.9. The zero-order chi connectivity index (χ0) is 14.7. The van der Waals surface area contributed by atoms with Crippen LogP contribution in [0.25, 0.3) is 0 Å². The summed E-state index contributed by atoms with van der Waals surface area (Å²) in [5.41, 5.74) is 3.46. The minimum atomic E-state index is -0.241. The maximum atomic E-state index is 13.9. The molecule has 1 fully saturated rings. The van der Waals surface area contributed by atoms with Crippen LogP contribution in [-0.2, 0) is 6.42 Å². The van der Waals surface area contributed by atoms with Crippen molar-refractivity contribution in [3.05, 3.63) is 34.6 Å². The molecule has 0 aromatic heterocycles. The summed E-state index contributed by atoms with van der Waals surface area (Å²) in [5, 5.41) is 0.488. The van der Waals surface area contributed by atoms with E-state index in [-0.39, 0.29) is 11.9 Å². The van der Waals surface area contributed by atoms with E-state index < -0.39 is 0 Å². The molecule has 1 aliphatic rings. The van der Waals surface area contributed by atoms with Gasteiger partial charge in [-0.15, -0.1) is 0 Å². The molecular weight excluding hydrogens is 275 g/mol. The van der Waals surface area contributed by atoms with Crippen molar-refractivity contribution in [3.63, 3.8) is 0 Å². The molecule has 0 spiro atoms. The lowest BCUT2D eigenvalue weighted by Crippen LogP contribution is -2.45. The molecular formula is C16H24ClFN2. The summed E-state index contributed by atoms with van der Waals surface area (Å²) >= 11 is 6.12. The monoisotopic (exact) mass is 298 g/mol. The molecule has 0 saturated heterocycles. The standard InChI is InChI=1S/C16H24ClFN2/c1-10-6-11(2)8-12(7-10)16(20-19)9-13-14(17)4-3-5-15(13)18/h3-5,10-12,16,20H,6-9,19H2,1-2H3. The second-order valence-electron chi connectivity index (χ2n) is 6.36. The van der Waals surface area contributed by atoms with E-state index in [0.717, 1.165) is 12.8 Å². The predicted molar refractivity (Wildman–Crippen MR) is 81.9 cm³/mol. The Morgan fingerprint density at radius 2 is 1.95 bits per heavy atom. The van der Waals surface area contributed by atoms with Gasteiger partial charge in [0.1, 0.15) is 5.82 Å². The van der Waals surface area contributed by atoms with E-state index in [9.17, 15) is 4.39 Å². The van der Waals surface area contributed by atoms with Gasteiger partial charge in [-0.1, -0.05) is 31.5 Å². The zero-order valence-corrected chi connectivity index (χ0v) is 13.0. The van der Waals surface area contributed by atoms with Crippen molar-refractivity contribution in [2.45, 2.75) is 45.6 Å². The van der Waals surface area contributed by atoms with Crippen molar-refractivity contribution in [1.29, 1.82) is 0 Å². The van der Waals surface area contributed by atoms with Crippen molar-refractivity contribution < 1.29 is 4.39 Å². The molecule has 1 aromatic rings. The van der Waals surface area contributed by atoms with Gasteiger partial charge in [0.25, 0.3) is 0 Å². The first-order valence-corrected chi connectivity index (χ1v) is 7.78. The van der Waals surface area contributed by atoms with Crippen LogP contribution in [0.5, 0.6) is 0 Å². The third kappa shape index (κ3) is 3.72. The van der Waals surface area contributed by atoms with Crippen molar-refractivity contribution in [2.24, 2.45) is 23.6 Å². The van der Waals surface area contributed by atoms with Gasteiger partial charge in [0, 0.05) is 16.6 Å². The Bertz CT molecular complexity index is 422. The molecule has 0 amide bonds. The highest BCUT2D eigenvalue weighted by atomic mass is 35.5. The number of halogens is 2. The Morgan fingerprint density at radius 3 is 2.50 bits per heavy atom. The molecule has 2 nitrogen and oxygen atoms in total. The predicted octanol–water partition coefficient (Wildman–Crippen LogP) is 3.93. The van der Waals surface area contributed by atoms with Gasteiger partial charge in [-0.3, -0.25) is 11.3 Å². The van der Waals surface area contributed by atoms with E-state index in [1.165, 1.54) is 12.5 Å². The Morgan fingerprint density at radius 1 is 1.30 bits per heavy atom. The number of nitrogens with two attached hydrogens (primary N) is 1. The fourth-order valence-electron chi connectivity index (χ4n) is 3.65. The molecule has 3 N–H and O–H groups in total. The summed E-state index contributed by atoms with van der Waals surface area (Å²) in [6, 6.07) is 4.91. The molecule has 0 radical (unpaired) electrons. The van der Waals surface area contributed by atoms with Crippen LogP contribution < -0.4 is 11.3 Å². The number of rotatable bonds is 4. The van der Waals surface area contributed by atoms with Crippen LogP contribution in [0, 0.1) is 23.6 Å². The minimum absolute atomic E-state index is 0.0783. The smallest absolute Gasteiger partial charge is 0.127 e. The SMILES string of the molecule is CC1CC(C)CC(C(Cc2c(F)cccc2Cl)NN)C1. The fraction of sp³-hybridized carbons (Fsp3) is 0.625. The lowest BCUT2D eigenvalue weighted by molar-refractivity contribution is 0.175. The van der Waals surface area contributed by atoms with Gasteiger partial charge in [-0.2, -0.15) is 0 Å². The number of benzene rings is 1. The first-order chi connectivity index (χ1) is 9.51. The van der Waals surface area contributed by atoms with E-state index in [1.54, 1.807) is 12.1 Å². The third-order valence-electron chi connectivity index (χ3n) is 4.48. The first-order valence-electron chi connectivity index (χ1n) is 7.40. The van der Waals surface area contributed by atoms with Gasteiger partial charge in [0.15, 0.2) is 0 Å². The molecule has 0 heterocycles. The molecule has 3 unspecified atom stereocenters. The lowest BCUT2D eigenvalue weighted by atomic mass is 9.73. The van der Waals surface area contributed by atoms with E-state index >= 15 is 0 Å². The quantitative estimate of drug-likeness (QED) is 0.653. The summed E-state index contributed by atoms with van der Waals surface area (Å²) in [5.74, 6) is 7.38. The molecule has 1 saturated carbocycles. The van der Waals surface area contributed by atoms with Crippen molar-refractivity contribution in [3.8, 4) is 0 Å².